The average Bonchev–Trinajstić information content (AvgIpc) is 2.79. The molecule has 5 heteroatoms. The molecule has 20 heavy (non-hydrogen) atoms. The van der Waals surface area contributed by atoms with Crippen molar-refractivity contribution in [2.75, 3.05) is 13.2 Å². The standard InChI is InChI=1S/C15H26N4O/c1-12-17-18-14(19(12)2)10-16-13-6-9-20-11-15(13)7-4-3-5-8-15/h13,16H,3-11H2,1-2H3. The van der Waals surface area contributed by atoms with Crippen molar-refractivity contribution in [3.63, 3.8) is 0 Å². The van der Waals surface area contributed by atoms with Crippen LogP contribution in [0.25, 0.3) is 0 Å². The van der Waals surface area contributed by atoms with Gasteiger partial charge in [0.05, 0.1) is 13.2 Å². The first-order chi connectivity index (χ1) is 9.71. The number of aromatic nitrogens is 3. The molecule has 2 heterocycles. The highest BCUT2D eigenvalue weighted by Gasteiger charge is 2.42. The van der Waals surface area contributed by atoms with E-state index in [1.807, 2.05) is 14.0 Å². The third-order valence-electron chi connectivity index (χ3n) is 5.22. The number of rotatable bonds is 3. The number of ether oxygens (including phenoxy) is 1. The molecule has 1 saturated carbocycles. The molecule has 0 amide bonds. The lowest BCUT2D eigenvalue weighted by Crippen LogP contribution is -2.52. The summed E-state index contributed by atoms with van der Waals surface area (Å²) in [4.78, 5) is 0. The van der Waals surface area contributed by atoms with E-state index < -0.39 is 0 Å². The van der Waals surface area contributed by atoms with Crippen LogP contribution in [-0.2, 0) is 18.3 Å². The maximum Gasteiger partial charge on any atom is 0.146 e. The lowest BCUT2D eigenvalue weighted by atomic mass is 9.68. The quantitative estimate of drug-likeness (QED) is 0.918. The maximum atomic E-state index is 5.80. The Hall–Kier alpha value is -0.940. The minimum atomic E-state index is 0.365. The molecular formula is C15H26N4O. The number of hydrogen-bond donors (Lipinski definition) is 1. The van der Waals surface area contributed by atoms with Gasteiger partial charge in [-0.1, -0.05) is 19.3 Å². The molecule has 2 aliphatic rings. The summed E-state index contributed by atoms with van der Waals surface area (Å²) in [6, 6.07) is 0.563. The van der Waals surface area contributed by atoms with Crippen LogP contribution in [0.3, 0.4) is 0 Å². The van der Waals surface area contributed by atoms with Gasteiger partial charge < -0.3 is 14.6 Å². The van der Waals surface area contributed by atoms with E-state index in [1.54, 1.807) is 0 Å². The monoisotopic (exact) mass is 278 g/mol. The summed E-state index contributed by atoms with van der Waals surface area (Å²) in [6.45, 7) is 4.62. The molecule has 1 spiro atoms. The third-order valence-corrected chi connectivity index (χ3v) is 5.22. The number of nitrogens with zero attached hydrogens (tertiary/aromatic N) is 3. The summed E-state index contributed by atoms with van der Waals surface area (Å²) in [6.07, 6.45) is 7.83. The second kappa shape index (κ2) is 5.82. The molecule has 1 N–H and O–H groups in total. The van der Waals surface area contributed by atoms with E-state index in [1.165, 1.54) is 32.1 Å². The molecule has 1 aliphatic carbocycles. The molecule has 1 aromatic rings. The summed E-state index contributed by atoms with van der Waals surface area (Å²) in [5, 5.41) is 12.1. The van der Waals surface area contributed by atoms with Crippen molar-refractivity contribution < 1.29 is 4.74 Å². The summed E-state index contributed by atoms with van der Waals surface area (Å²) in [7, 11) is 2.03. The van der Waals surface area contributed by atoms with Crippen LogP contribution in [0.5, 0.6) is 0 Å². The van der Waals surface area contributed by atoms with Gasteiger partial charge in [-0.2, -0.15) is 0 Å². The maximum absolute atomic E-state index is 5.80. The first-order valence-electron chi connectivity index (χ1n) is 7.87. The molecular weight excluding hydrogens is 252 g/mol. The van der Waals surface area contributed by atoms with E-state index in [0.29, 0.717) is 11.5 Å². The molecule has 0 radical (unpaired) electrons. The lowest BCUT2D eigenvalue weighted by Gasteiger charge is -2.46. The average molecular weight is 278 g/mol. The Bertz CT molecular complexity index is 442. The minimum absolute atomic E-state index is 0.365. The highest BCUT2D eigenvalue weighted by molar-refractivity contribution is 4.98. The third kappa shape index (κ3) is 2.61. The molecule has 1 atom stereocenters. The zero-order valence-corrected chi connectivity index (χ0v) is 12.7. The van der Waals surface area contributed by atoms with Gasteiger partial charge in [0, 0.05) is 25.1 Å². The van der Waals surface area contributed by atoms with E-state index in [4.69, 9.17) is 4.74 Å². The predicted octanol–water partition coefficient (Wildman–Crippen LogP) is 1.95. The highest BCUT2D eigenvalue weighted by atomic mass is 16.5. The number of nitrogens with one attached hydrogen (secondary N) is 1. The van der Waals surface area contributed by atoms with E-state index in [0.717, 1.165) is 37.8 Å². The van der Waals surface area contributed by atoms with E-state index in [9.17, 15) is 0 Å². The molecule has 1 saturated heterocycles. The Morgan fingerprint density at radius 2 is 2.10 bits per heavy atom. The zero-order valence-electron chi connectivity index (χ0n) is 12.7. The van der Waals surface area contributed by atoms with Crippen LogP contribution in [0.15, 0.2) is 0 Å². The fraction of sp³-hybridized carbons (Fsp3) is 0.867. The Morgan fingerprint density at radius 3 is 2.80 bits per heavy atom. The van der Waals surface area contributed by atoms with Gasteiger partial charge in [-0.05, 0) is 26.2 Å². The first-order valence-corrected chi connectivity index (χ1v) is 7.87. The van der Waals surface area contributed by atoms with Gasteiger partial charge >= 0.3 is 0 Å². The second-order valence-electron chi connectivity index (χ2n) is 6.42. The van der Waals surface area contributed by atoms with Crippen molar-refractivity contribution in [2.24, 2.45) is 12.5 Å². The van der Waals surface area contributed by atoms with Crippen LogP contribution in [-0.4, -0.2) is 34.0 Å². The molecule has 3 rings (SSSR count). The van der Waals surface area contributed by atoms with Crippen LogP contribution in [0.2, 0.25) is 0 Å². The van der Waals surface area contributed by atoms with Gasteiger partial charge in [0.25, 0.3) is 0 Å². The van der Waals surface area contributed by atoms with Crippen molar-refractivity contribution in [1.29, 1.82) is 0 Å². The number of aryl methyl sites for hydroxylation is 1. The van der Waals surface area contributed by atoms with Gasteiger partial charge in [-0.15, -0.1) is 10.2 Å². The topological polar surface area (TPSA) is 52.0 Å². The highest BCUT2D eigenvalue weighted by Crippen LogP contribution is 2.42. The van der Waals surface area contributed by atoms with Crippen LogP contribution < -0.4 is 5.32 Å². The van der Waals surface area contributed by atoms with Crippen molar-refractivity contribution >= 4 is 0 Å². The number of hydrogen-bond acceptors (Lipinski definition) is 4. The van der Waals surface area contributed by atoms with Gasteiger partial charge in [0.15, 0.2) is 0 Å². The molecule has 5 nitrogen and oxygen atoms in total. The zero-order chi connectivity index (χ0) is 14.0. The molecule has 112 valence electrons. The molecule has 0 aromatic carbocycles. The molecule has 2 fully saturated rings. The van der Waals surface area contributed by atoms with Crippen LogP contribution >= 0.6 is 0 Å². The van der Waals surface area contributed by atoms with Gasteiger partial charge in [0.2, 0.25) is 0 Å². The summed E-state index contributed by atoms with van der Waals surface area (Å²) in [5.74, 6) is 2.00. The Balaban J connectivity index is 1.66. The molecule has 1 aromatic heterocycles. The Kier molecular flexibility index (Phi) is 4.08. The van der Waals surface area contributed by atoms with E-state index >= 15 is 0 Å². The van der Waals surface area contributed by atoms with Gasteiger partial charge in [-0.25, -0.2) is 0 Å². The van der Waals surface area contributed by atoms with Crippen molar-refractivity contribution in [1.82, 2.24) is 20.1 Å². The van der Waals surface area contributed by atoms with Crippen molar-refractivity contribution in [2.45, 2.75) is 58.0 Å². The lowest BCUT2D eigenvalue weighted by molar-refractivity contribution is -0.0539. The van der Waals surface area contributed by atoms with Gasteiger partial charge in [0.1, 0.15) is 11.6 Å². The van der Waals surface area contributed by atoms with Crippen molar-refractivity contribution in [3.8, 4) is 0 Å². The van der Waals surface area contributed by atoms with Crippen LogP contribution in [0.4, 0.5) is 0 Å². The van der Waals surface area contributed by atoms with E-state index in [2.05, 4.69) is 20.1 Å². The molecule has 1 aliphatic heterocycles. The summed E-state index contributed by atoms with van der Waals surface area (Å²) in [5.41, 5.74) is 0.365. The smallest absolute Gasteiger partial charge is 0.146 e. The predicted molar refractivity (Wildman–Crippen MR) is 77.3 cm³/mol. The largest absolute Gasteiger partial charge is 0.381 e. The SMILES string of the molecule is Cc1nnc(CNC2CCOCC23CCCCC3)n1C. The van der Waals surface area contributed by atoms with Crippen LogP contribution in [0.1, 0.15) is 50.2 Å². The minimum Gasteiger partial charge on any atom is -0.381 e. The Labute approximate surface area is 121 Å². The van der Waals surface area contributed by atoms with Gasteiger partial charge in [-0.3, -0.25) is 0 Å². The first kappa shape index (κ1) is 14.0. The molecule has 1 unspecified atom stereocenters. The van der Waals surface area contributed by atoms with Crippen molar-refractivity contribution in [3.05, 3.63) is 11.6 Å². The normalized spacial score (nSPS) is 26.0. The van der Waals surface area contributed by atoms with Crippen LogP contribution in [0, 0.1) is 12.3 Å². The second-order valence-corrected chi connectivity index (χ2v) is 6.42. The fourth-order valence-electron chi connectivity index (χ4n) is 3.77. The summed E-state index contributed by atoms with van der Waals surface area (Å²) >= 11 is 0. The molecule has 0 bridgehead atoms. The fourth-order valence-corrected chi connectivity index (χ4v) is 3.77. The summed E-state index contributed by atoms with van der Waals surface area (Å²) < 4.78 is 7.87. The van der Waals surface area contributed by atoms with E-state index in [-0.39, 0.29) is 0 Å². The Morgan fingerprint density at radius 1 is 1.30 bits per heavy atom.